The summed E-state index contributed by atoms with van der Waals surface area (Å²) in [6.45, 7) is 16.3. The van der Waals surface area contributed by atoms with Crippen molar-refractivity contribution in [1.29, 1.82) is 0 Å². The van der Waals surface area contributed by atoms with Crippen LogP contribution >= 0.6 is 0 Å². The summed E-state index contributed by atoms with van der Waals surface area (Å²) in [5.74, 6) is -0.398. The number of hydrogen-bond acceptors (Lipinski definition) is 3. The Labute approximate surface area is 231 Å². The highest BCUT2D eigenvalue weighted by Crippen LogP contribution is 2.20. The fourth-order valence-corrected chi connectivity index (χ4v) is 5.09. The Morgan fingerprint density at radius 3 is 1.36 bits per heavy atom. The van der Waals surface area contributed by atoms with Gasteiger partial charge in [-0.2, -0.15) is 0 Å². The van der Waals surface area contributed by atoms with Gasteiger partial charge in [-0.1, -0.05) is 104 Å². The second-order valence-electron chi connectivity index (χ2n) is 11.0. The van der Waals surface area contributed by atoms with Crippen molar-refractivity contribution in [2.24, 2.45) is 0 Å². The minimum absolute atomic E-state index is 0. The van der Waals surface area contributed by atoms with Crippen molar-refractivity contribution in [2.45, 2.75) is 149 Å². The molecule has 0 aliphatic carbocycles. The number of nitrogens with zero attached hydrogens (tertiary/aromatic N) is 1. The molecule has 0 fully saturated rings. The first-order chi connectivity index (χ1) is 16.9. The maximum Gasteiger partial charge on any atom is 0.333 e. The molecule has 0 aromatic rings. The zero-order valence-corrected chi connectivity index (χ0v) is 25.4. The molecular weight excluding hydrogens is 470 g/mol. The molecule has 0 heterocycles. The van der Waals surface area contributed by atoms with Crippen LogP contribution in [0.5, 0.6) is 0 Å². The van der Waals surface area contributed by atoms with Crippen molar-refractivity contribution < 1.29 is 31.5 Å². The van der Waals surface area contributed by atoms with Gasteiger partial charge in [-0.3, -0.25) is 0 Å². The quantitative estimate of drug-likeness (QED) is 0.0706. The minimum Gasteiger partial charge on any atom is -1.00 e. The lowest BCUT2D eigenvalue weighted by Crippen LogP contribution is -3.00. The van der Waals surface area contributed by atoms with E-state index in [1.165, 1.54) is 116 Å². The molecule has 0 bridgehead atoms. The molecule has 1 N–H and O–H groups in total. The Hall–Kier alpha value is -0.580. The van der Waals surface area contributed by atoms with E-state index < -0.39 is 12.1 Å². The van der Waals surface area contributed by atoms with Gasteiger partial charge in [-0.05, 0) is 45.4 Å². The molecule has 0 aromatic heterocycles. The first-order valence-electron chi connectivity index (χ1n) is 15.3. The van der Waals surface area contributed by atoms with Crippen LogP contribution in [0.15, 0.2) is 12.2 Å². The predicted molar refractivity (Wildman–Crippen MR) is 152 cm³/mol. The zero-order valence-electron chi connectivity index (χ0n) is 24.6. The van der Waals surface area contributed by atoms with Gasteiger partial charge in [0, 0.05) is 5.57 Å². The summed E-state index contributed by atoms with van der Waals surface area (Å²) in [4.78, 5) is 11.9. The predicted octanol–water partition coefficient (Wildman–Crippen LogP) is 5.37. The van der Waals surface area contributed by atoms with Gasteiger partial charge < -0.3 is 26.7 Å². The van der Waals surface area contributed by atoms with E-state index in [2.05, 4.69) is 27.4 Å². The van der Waals surface area contributed by atoms with E-state index >= 15 is 0 Å². The van der Waals surface area contributed by atoms with Crippen LogP contribution in [-0.2, 0) is 9.53 Å². The van der Waals surface area contributed by atoms with Crippen LogP contribution in [-0.4, -0.2) is 54.4 Å². The summed E-state index contributed by atoms with van der Waals surface area (Å²) in [5.41, 5.74) is 0.393. The lowest BCUT2D eigenvalue weighted by Gasteiger charge is -2.40. The fourth-order valence-electron chi connectivity index (χ4n) is 5.09. The third-order valence-electron chi connectivity index (χ3n) is 7.31. The summed E-state index contributed by atoms with van der Waals surface area (Å²) in [5, 5.41) is 10.9. The standard InChI is InChI=1S/C31H62NO3.ClH/c1-6-9-12-15-18-21-24-32(25-22-19-16-13-10-7-2,26-23-20-17-14-11-8-3)27-30(33)28-35-31(34)29(4)5;/h30,33H,4,6-28H2,1-3,5H3;1H/q+1;/p-1. The number of aliphatic hydroxyl groups excluding tert-OH is 1. The minimum atomic E-state index is -0.612. The van der Waals surface area contributed by atoms with Crippen molar-refractivity contribution in [3.05, 3.63) is 12.2 Å². The van der Waals surface area contributed by atoms with E-state index in [1.807, 2.05) is 0 Å². The molecule has 0 aliphatic heterocycles. The number of aliphatic hydroxyl groups is 1. The Morgan fingerprint density at radius 2 is 1.03 bits per heavy atom. The molecule has 36 heavy (non-hydrogen) atoms. The van der Waals surface area contributed by atoms with Gasteiger partial charge in [0.05, 0.1) is 19.6 Å². The summed E-state index contributed by atoms with van der Waals surface area (Å²) >= 11 is 0. The molecule has 4 nitrogen and oxygen atoms in total. The molecule has 0 aliphatic rings. The van der Waals surface area contributed by atoms with E-state index in [0.717, 1.165) is 24.1 Å². The zero-order chi connectivity index (χ0) is 26.2. The SMILES string of the molecule is C=C(C)C(=O)OCC(O)C[N+](CCCCCCCC)(CCCCCCCC)CCCCCCCC.[Cl-]. The van der Waals surface area contributed by atoms with E-state index in [0.29, 0.717) is 12.1 Å². The Bertz CT molecular complexity index is 471. The summed E-state index contributed by atoms with van der Waals surface area (Å²) in [6, 6.07) is 0. The average molecular weight is 532 g/mol. The van der Waals surface area contributed by atoms with Crippen LogP contribution < -0.4 is 12.4 Å². The van der Waals surface area contributed by atoms with Crippen molar-refractivity contribution in [3.63, 3.8) is 0 Å². The molecule has 0 radical (unpaired) electrons. The molecule has 0 saturated carbocycles. The molecular formula is C31H62ClNO3. The van der Waals surface area contributed by atoms with Gasteiger partial charge in [0.15, 0.2) is 0 Å². The summed E-state index contributed by atoms with van der Waals surface area (Å²) < 4.78 is 6.31. The third kappa shape index (κ3) is 21.5. The summed E-state index contributed by atoms with van der Waals surface area (Å²) in [6.07, 6.45) is 22.8. The van der Waals surface area contributed by atoms with Gasteiger partial charge in [0.2, 0.25) is 0 Å². The van der Waals surface area contributed by atoms with Crippen molar-refractivity contribution in [3.8, 4) is 0 Å². The number of unbranched alkanes of at least 4 members (excludes halogenated alkanes) is 15. The topological polar surface area (TPSA) is 46.5 Å². The van der Waals surface area contributed by atoms with Gasteiger partial charge in [-0.25, -0.2) is 4.79 Å². The summed E-state index contributed by atoms with van der Waals surface area (Å²) in [7, 11) is 0. The normalized spacial score (nSPS) is 12.2. The van der Waals surface area contributed by atoms with E-state index in [1.54, 1.807) is 6.92 Å². The molecule has 216 valence electrons. The van der Waals surface area contributed by atoms with Crippen LogP contribution in [0.2, 0.25) is 0 Å². The second kappa shape index (κ2) is 26.0. The first kappa shape index (κ1) is 37.6. The molecule has 1 atom stereocenters. The van der Waals surface area contributed by atoms with Crippen molar-refractivity contribution in [1.82, 2.24) is 0 Å². The number of esters is 1. The number of ether oxygens (including phenoxy) is 1. The largest absolute Gasteiger partial charge is 1.00 e. The van der Waals surface area contributed by atoms with E-state index in [9.17, 15) is 9.90 Å². The maximum atomic E-state index is 11.9. The van der Waals surface area contributed by atoms with E-state index in [-0.39, 0.29) is 19.0 Å². The Kier molecular flexibility index (Phi) is 27.2. The lowest BCUT2D eigenvalue weighted by atomic mass is 10.1. The van der Waals surface area contributed by atoms with Gasteiger partial charge in [-0.15, -0.1) is 0 Å². The molecule has 0 amide bonds. The Balaban J connectivity index is 0. The fraction of sp³-hybridized carbons (Fsp3) is 0.903. The third-order valence-corrected chi connectivity index (χ3v) is 7.31. The van der Waals surface area contributed by atoms with Crippen LogP contribution in [0.25, 0.3) is 0 Å². The second-order valence-corrected chi connectivity index (χ2v) is 11.0. The lowest BCUT2D eigenvalue weighted by molar-refractivity contribution is -0.931. The highest BCUT2D eigenvalue weighted by molar-refractivity contribution is 5.86. The number of rotatable bonds is 26. The van der Waals surface area contributed by atoms with Crippen molar-refractivity contribution in [2.75, 3.05) is 32.8 Å². The highest BCUT2D eigenvalue weighted by atomic mass is 35.5. The molecule has 0 saturated heterocycles. The molecule has 1 unspecified atom stereocenters. The number of carbonyl (C=O) groups is 1. The maximum absolute atomic E-state index is 11.9. The van der Waals surface area contributed by atoms with Gasteiger partial charge in [0.1, 0.15) is 19.3 Å². The smallest absolute Gasteiger partial charge is 0.333 e. The van der Waals surface area contributed by atoms with Crippen LogP contribution in [0.1, 0.15) is 143 Å². The highest BCUT2D eigenvalue weighted by Gasteiger charge is 2.30. The van der Waals surface area contributed by atoms with E-state index in [4.69, 9.17) is 4.74 Å². The number of halogens is 1. The number of carbonyl (C=O) groups excluding carboxylic acids is 1. The number of hydrogen-bond donors (Lipinski definition) is 1. The van der Waals surface area contributed by atoms with Crippen LogP contribution in [0.3, 0.4) is 0 Å². The van der Waals surface area contributed by atoms with Gasteiger partial charge >= 0.3 is 5.97 Å². The molecule has 5 heteroatoms. The monoisotopic (exact) mass is 531 g/mol. The van der Waals surface area contributed by atoms with Crippen molar-refractivity contribution >= 4 is 5.97 Å². The average Bonchev–Trinajstić information content (AvgIpc) is 2.84. The number of quaternary nitrogens is 1. The Morgan fingerprint density at radius 1 is 0.694 bits per heavy atom. The van der Waals surface area contributed by atoms with Crippen LogP contribution in [0, 0.1) is 0 Å². The molecule has 0 aromatic carbocycles. The molecule has 0 spiro atoms. The van der Waals surface area contributed by atoms with Gasteiger partial charge in [0.25, 0.3) is 0 Å². The van der Waals surface area contributed by atoms with Crippen LogP contribution in [0.4, 0.5) is 0 Å². The molecule has 0 rings (SSSR count). The first-order valence-corrected chi connectivity index (χ1v) is 15.3.